The van der Waals surface area contributed by atoms with Crippen molar-refractivity contribution in [3.63, 3.8) is 0 Å². The first-order valence-electron chi connectivity index (χ1n) is 8.23. The van der Waals surface area contributed by atoms with Gasteiger partial charge in [-0.3, -0.25) is 4.79 Å². The molecule has 1 unspecified atom stereocenters. The molecule has 1 atom stereocenters. The summed E-state index contributed by atoms with van der Waals surface area (Å²) in [5.41, 5.74) is 0. The number of ether oxygens (including phenoxy) is 1. The Balaban J connectivity index is 1.44. The topological polar surface area (TPSA) is 41.6 Å². The SMILES string of the molecule is O=C(C1CCCN1)N1CCC(COc2cc(Cl)cc(Cl)c2)CC1. The van der Waals surface area contributed by atoms with Gasteiger partial charge >= 0.3 is 0 Å². The quantitative estimate of drug-likeness (QED) is 0.899. The van der Waals surface area contributed by atoms with E-state index in [0.29, 0.717) is 28.3 Å². The lowest BCUT2D eigenvalue weighted by Crippen LogP contribution is -2.47. The Hall–Kier alpha value is -0.970. The smallest absolute Gasteiger partial charge is 0.239 e. The van der Waals surface area contributed by atoms with E-state index in [1.165, 1.54) is 0 Å². The molecule has 23 heavy (non-hydrogen) atoms. The molecule has 2 aliphatic heterocycles. The van der Waals surface area contributed by atoms with E-state index in [2.05, 4.69) is 5.32 Å². The third-order valence-corrected chi connectivity index (χ3v) is 5.04. The fourth-order valence-corrected chi connectivity index (χ4v) is 3.77. The van der Waals surface area contributed by atoms with Crippen LogP contribution in [-0.4, -0.2) is 43.1 Å². The molecule has 1 aromatic rings. The molecule has 1 amide bonds. The Morgan fingerprint density at radius 1 is 1.17 bits per heavy atom. The zero-order valence-electron chi connectivity index (χ0n) is 13.1. The molecule has 0 aliphatic carbocycles. The maximum Gasteiger partial charge on any atom is 0.239 e. The first-order chi connectivity index (χ1) is 11.1. The fraction of sp³-hybridized carbons (Fsp3) is 0.588. The van der Waals surface area contributed by atoms with Gasteiger partial charge in [0, 0.05) is 23.1 Å². The maximum atomic E-state index is 12.4. The van der Waals surface area contributed by atoms with Crippen LogP contribution in [0.4, 0.5) is 0 Å². The second kappa shape index (κ2) is 7.73. The van der Waals surface area contributed by atoms with Crippen LogP contribution < -0.4 is 10.1 Å². The Morgan fingerprint density at radius 3 is 2.48 bits per heavy atom. The van der Waals surface area contributed by atoms with Gasteiger partial charge in [0.25, 0.3) is 0 Å². The molecular formula is C17H22Cl2N2O2. The van der Waals surface area contributed by atoms with Gasteiger partial charge in [-0.2, -0.15) is 0 Å². The van der Waals surface area contributed by atoms with E-state index in [9.17, 15) is 4.79 Å². The predicted molar refractivity (Wildman–Crippen MR) is 92.3 cm³/mol. The summed E-state index contributed by atoms with van der Waals surface area (Å²) in [5.74, 6) is 1.44. The molecular weight excluding hydrogens is 335 g/mol. The number of piperidine rings is 1. The molecule has 2 fully saturated rings. The van der Waals surface area contributed by atoms with Crippen molar-refractivity contribution in [3.05, 3.63) is 28.2 Å². The van der Waals surface area contributed by atoms with Crippen LogP contribution in [-0.2, 0) is 4.79 Å². The van der Waals surface area contributed by atoms with Crippen LogP contribution >= 0.6 is 23.2 Å². The lowest BCUT2D eigenvalue weighted by atomic mass is 9.97. The molecule has 0 radical (unpaired) electrons. The Morgan fingerprint density at radius 2 is 1.87 bits per heavy atom. The van der Waals surface area contributed by atoms with E-state index >= 15 is 0 Å². The Kier molecular flexibility index (Phi) is 5.67. The number of nitrogens with zero attached hydrogens (tertiary/aromatic N) is 1. The van der Waals surface area contributed by atoms with Crippen molar-refractivity contribution in [1.29, 1.82) is 0 Å². The molecule has 4 nitrogen and oxygen atoms in total. The van der Waals surface area contributed by atoms with Crippen LogP contribution in [0.25, 0.3) is 0 Å². The number of likely N-dealkylation sites (tertiary alicyclic amines) is 1. The van der Waals surface area contributed by atoms with Crippen LogP contribution in [0.3, 0.4) is 0 Å². The lowest BCUT2D eigenvalue weighted by molar-refractivity contribution is -0.134. The first-order valence-corrected chi connectivity index (χ1v) is 8.98. The summed E-state index contributed by atoms with van der Waals surface area (Å²) >= 11 is 11.9. The van der Waals surface area contributed by atoms with Crippen molar-refractivity contribution in [2.75, 3.05) is 26.2 Å². The maximum absolute atomic E-state index is 12.4. The van der Waals surface area contributed by atoms with Gasteiger partial charge in [-0.15, -0.1) is 0 Å². The second-order valence-corrected chi connectivity index (χ2v) is 7.21. The highest BCUT2D eigenvalue weighted by Gasteiger charge is 2.29. The number of carbonyl (C=O) groups is 1. The first kappa shape index (κ1) is 16.9. The van der Waals surface area contributed by atoms with Gasteiger partial charge in [0.1, 0.15) is 5.75 Å². The molecule has 6 heteroatoms. The highest BCUT2D eigenvalue weighted by atomic mass is 35.5. The van der Waals surface area contributed by atoms with Gasteiger partial charge in [-0.1, -0.05) is 23.2 Å². The van der Waals surface area contributed by atoms with Crippen LogP contribution in [0, 0.1) is 5.92 Å². The average molecular weight is 357 g/mol. The summed E-state index contributed by atoms with van der Waals surface area (Å²) in [7, 11) is 0. The highest BCUT2D eigenvalue weighted by Crippen LogP contribution is 2.26. The number of hydrogen-bond donors (Lipinski definition) is 1. The largest absolute Gasteiger partial charge is 0.493 e. The van der Waals surface area contributed by atoms with E-state index in [1.807, 2.05) is 4.90 Å². The van der Waals surface area contributed by atoms with Crippen molar-refractivity contribution in [3.8, 4) is 5.75 Å². The molecule has 2 heterocycles. The van der Waals surface area contributed by atoms with Crippen molar-refractivity contribution in [2.24, 2.45) is 5.92 Å². The normalized spacial score (nSPS) is 22.3. The third kappa shape index (κ3) is 4.52. The molecule has 1 aromatic carbocycles. The van der Waals surface area contributed by atoms with E-state index in [4.69, 9.17) is 27.9 Å². The Bertz CT molecular complexity index is 533. The average Bonchev–Trinajstić information content (AvgIpc) is 3.06. The van der Waals surface area contributed by atoms with Crippen molar-refractivity contribution >= 4 is 29.1 Å². The third-order valence-electron chi connectivity index (χ3n) is 4.61. The standard InChI is InChI=1S/C17H22Cl2N2O2/c18-13-8-14(19)10-15(9-13)23-11-12-3-6-21(7-4-12)17(22)16-2-1-5-20-16/h8-10,12,16,20H,1-7,11H2. The summed E-state index contributed by atoms with van der Waals surface area (Å²) in [5, 5.41) is 4.44. The number of rotatable bonds is 4. The number of hydrogen-bond acceptors (Lipinski definition) is 3. The predicted octanol–water partition coefficient (Wildman–Crippen LogP) is 3.36. The van der Waals surface area contributed by atoms with E-state index in [0.717, 1.165) is 45.3 Å². The fourth-order valence-electron chi connectivity index (χ4n) is 3.26. The second-order valence-electron chi connectivity index (χ2n) is 6.33. The minimum absolute atomic E-state index is 0.0383. The molecule has 0 aromatic heterocycles. The molecule has 1 N–H and O–H groups in total. The molecule has 2 saturated heterocycles. The highest BCUT2D eigenvalue weighted by molar-refractivity contribution is 6.34. The number of halogens is 2. The molecule has 0 saturated carbocycles. The number of carbonyl (C=O) groups excluding carboxylic acids is 1. The van der Waals surface area contributed by atoms with Gasteiger partial charge in [-0.05, 0) is 56.3 Å². The van der Waals surface area contributed by atoms with E-state index < -0.39 is 0 Å². The number of amides is 1. The Labute approximate surface area is 147 Å². The summed E-state index contributed by atoms with van der Waals surface area (Å²) in [6, 6.07) is 5.28. The van der Waals surface area contributed by atoms with Gasteiger partial charge in [0.05, 0.1) is 12.6 Å². The monoisotopic (exact) mass is 356 g/mol. The molecule has 0 spiro atoms. The zero-order valence-corrected chi connectivity index (χ0v) is 14.6. The van der Waals surface area contributed by atoms with Crippen LogP contribution in [0.1, 0.15) is 25.7 Å². The van der Waals surface area contributed by atoms with E-state index in [1.54, 1.807) is 18.2 Å². The molecule has 3 rings (SSSR count). The van der Waals surface area contributed by atoms with Crippen LogP contribution in [0.15, 0.2) is 18.2 Å². The van der Waals surface area contributed by atoms with Gasteiger partial charge in [-0.25, -0.2) is 0 Å². The molecule has 2 aliphatic rings. The van der Waals surface area contributed by atoms with Gasteiger partial charge in [0.2, 0.25) is 5.91 Å². The van der Waals surface area contributed by atoms with Crippen LogP contribution in [0.2, 0.25) is 10.0 Å². The summed E-state index contributed by atoms with van der Waals surface area (Å²) in [6.45, 7) is 3.24. The van der Waals surface area contributed by atoms with Crippen molar-refractivity contribution in [2.45, 2.75) is 31.7 Å². The van der Waals surface area contributed by atoms with Gasteiger partial charge in [0.15, 0.2) is 0 Å². The molecule has 0 bridgehead atoms. The summed E-state index contributed by atoms with van der Waals surface area (Å²) in [4.78, 5) is 14.4. The van der Waals surface area contributed by atoms with E-state index in [-0.39, 0.29) is 11.9 Å². The minimum atomic E-state index is 0.0383. The molecule has 126 valence electrons. The summed E-state index contributed by atoms with van der Waals surface area (Å²) < 4.78 is 5.82. The lowest BCUT2D eigenvalue weighted by Gasteiger charge is -2.33. The van der Waals surface area contributed by atoms with Crippen molar-refractivity contribution < 1.29 is 9.53 Å². The number of nitrogens with one attached hydrogen (secondary N) is 1. The summed E-state index contributed by atoms with van der Waals surface area (Å²) in [6.07, 6.45) is 4.03. The van der Waals surface area contributed by atoms with Gasteiger partial charge < -0.3 is 15.0 Å². The number of benzene rings is 1. The zero-order chi connectivity index (χ0) is 16.2. The van der Waals surface area contributed by atoms with Crippen LogP contribution in [0.5, 0.6) is 5.75 Å². The minimum Gasteiger partial charge on any atom is -0.493 e. The van der Waals surface area contributed by atoms with Crippen molar-refractivity contribution in [1.82, 2.24) is 10.2 Å².